The lowest BCUT2D eigenvalue weighted by molar-refractivity contribution is -0.122. The molecule has 178 valence electrons. The highest BCUT2D eigenvalue weighted by molar-refractivity contribution is 7.12. The van der Waals surface area contributed by atoms with E-state index in [4.69, 9.17) is 0 Å². The van der Waals surface area contributed by atoms with E-state index in [1.807, 2.05) is 66.2 Å². The number of aromatic nitrogens is 1. The number of thiophene rings is 1. The van der Waals surface area contributed by atoms with E-state index >= 15 is 0 Å². The van der Waals surface area contributed by atoms with Gasteiger partial charge in [-0.05, 0) is 53.1 Å². The largest absolute Gasteiger partial charge is 0.361 e. The van der Waals surface area contributed by atoms with E-state index in [1.165, 1.54) is 16.2 Å². The number of nitrogens with zero attached hydrogens (tertiary/aromatic N) is 2. The van der Waals surface area contributed by atoms with Crippen LogP contribution in [0.15, 0.2) is 72.2 Å². The number of H-pyrrole nitrogens is 1. The number of imide groups is 1. The summed E-state index contributed by atoms with van der Waals surface area (Å²) in [5.41, 5.74) is 3.79. The lowest BCUT2D eigenvalue weighted by atomic mass is 10.0. The van der Waals surface area contributed by atoms with E-state index in [-0.39, 0.29) is 24.1 Å². The van der Waals surface area contributed by atoms with Gasteiger partial charge in [0.25, 0.3) is 11.8 Å². The number of carbonyl (C=O) groups excluding carboxylic acids is 3. The SMILES string of the molecule is CC(C)c1ccc(N2C(=O)CC(N(CCc3c[nH]c4ccccc34)C(=O)c3cccs3)C2=O)cc1. The molecule has 0 saturated carbocycles. The number of nitrogens with one attached hydrogen (secondary N) is 1. The Hall–Kier alpha value is -3.71. The Bertz CT molecular complexity index is 1370. The van der Waals surface area contributed by atoms with E-state index < -0.39 is 6.04 Å². The van der Waals surface area contributed by atoms with E-state index in [0.29, 0.717) is 29.4 Å². The number of hydrogen-bond acceptors (Lipinski definition) is 4. The van der Waals surface area contributed by atoms with Crippen molar-refractivity contribution in [3.05, 3.63) is 88.2 Å². The first-order valence-electron chi connectivity index (χ1n) is 11.8. The smallest absolute Gasteiger partial charge is 0.264 e. The maximum absolute atomic E-state index is 13.5. The number of carbonyl (C=O) groups is 3. The van der Waals surface area contributed by atoms with Crippen molar-refractivity contribution in [2.45, 2.75) is 38.6 Å². The second-order valence-corrected chi connectivity index (χ2v) is 10.1. The minimum atomic E-state index is -0.827. The second-order valence-electron chi connectivity index (χ2n) is 9.12. The van der Waals surface area contributed by atoms with Gasteiger partial charge in [-0.3, -0.25) is 14.4 Å². The van der Waals surface area contributed by atoms with Crippen molar-refractivity contribution >= 4 is 45.6 Å². The number of para-hydroxylation sites is 1. The van der Waals surface area contributed by atoms with Crippen molar-refractivity contribution in [3.63, 3.8) is 0 Å². The van der Waals surface area contributed by atoms with Crippen LogP contribution in [-0.2, 0) is 16.0 Å². The highest BCUT2D eigenvalue weighted by atomic mass is 32.1. The van der Waals surface area contributed by atoms with E-state index in [9.17, 15) is 14.4 Å². The average Bonchev–Trinajstić information content (AvgIpc) is 3.59. The minimum Gasteiger partial charge on any atom is -0.361 e. The molecular formula is C28H27N3O3S. The molecule has 5 rings (SSSR count). The fraction of sp³-hybridized carbons (Fsp3) is 0.250. The number of anilines is 1. The fourth-order valence-corrected chi connectivity index (χ4v) is 5.34. The molecule has 1 N–H and O–H groups in total. The first-order chi connectivity index (χ1) is 16.9. The Morgan fingerprint density at radius 3 is 2.57 bits per heavy atom. The van der Waals surface area contributed by atoms with Gasteiger partial charge in [-0.15, -0.1) is 11.3 Å². The van der Waals surface area contributed by atoms with E-state index in [2.05, 4.69) is 18.8 Å². The molecule has 1 unspecified atom stereocenters. The summed E-state index contributed by atoms with van der Waals surface area (Å²) in [6, 6.07) is 18.3. The van der Waals surface area contributed by atoms with Crippen LogP contribution in [0.2, 0.25) is 0 Å². The van der Waals surface area contributed by atoms with Gasteiger partial charge in [0, 0.05) is 23.6 Å². The summed E-state index contributed by atoms with van der Waals surface area (Å²) in [7, 11) is 0. The molecule has 1 saturated heterocycles. The van der Waals surface area contributed by atoms with Crippen LogP contribution >= 0.6 is 11.3 Å². The molecule has 0 radical (unpaired) electrons. The van der Waals surface area contributed by atoms with Crippen molar-refractivity contribution in [2.75, 3.05) is 11.4 Å². The van der Waals surface area contributed by atoms with Gasteiger partial charge in [-0.1, -0.05) is 50.2 Å². The Labute approximate surface area is 208 Å². The van der Waals surface area contributed by atoms with Crippen LogP contribution in [0.3, 0.4) is 0 Å². The van der Waals surface area contributed by atoms with Crippen molar-refractivity contribution in [3.8, 4) is 0 Å². The van der Waals surface area contributed by atoms with Gasteiger partial charge in [0.1, 0.15) is 6.04 Å². The zero-order valence-corrected chi connectivity index (χ0v) is 20.5. The van der Waals surface area contributed by atoms with Crippen LogP contribution in [0.25, 0.3) is 10.9 Å². The summed E-state index contributed by atoms with van der Waals surface area (Å²) in [5, 5.41) is 2.94. The third-order valence-corrected chi connectivity index (χ3v) is 7.46. The van der Waals surface area contributed by atoms with Crippen molar-refractivity contribution < 1.29 is 14.4 Å². The molecule has 0 bridgehead atoms. The maximum Gasteiger partial charge on any atom is 0.264 e. The quantitative estimate of drug-likeness (QED) is 0.358. The molecule has 6 nitrogen and oxygen atoms in total. The molecule has 1 fully saturated rings. The Kier molecular flexibility index (Phi) is 6.26. The molecule has 1 aliphatic heterocycles. The Morgan fingerprint density at radius 2 is 1.86 bits per heavy atom. The summed E-state index contributed by atoms with van der Waals surface area (Å²) in [6.07, 6.45) is 2.50. The van der Waals surface area contributed by atoms with Crippen LogP contribution in [0, 0.1) is 0 Å². The summed E-state index contributed by atoms with van der Waals surface area (Å²) in [6.45, 7) is 4.53. The molecule has 3 amide bonds. The van der Waals surface area contributed by atoms with Crippen LogP contribution in [0.5, 0.6) is 0 Å². The normalized spacial score (nSPS) is 16.0. The molecule has 1 aliphatic rings. The lowest BCUT2D eigenvalue weighted by Gasteiger charge is -2.27. The van der Waals surface area contributed by atoms with Gasteiger partial charge < -0.3 is 9.88 Å². The Morgan fingerprint density at radius 1 is 1.09 bits per heavy atom. The van der Waals surface area contributed by atoms with Gasteiger partial charge in [0.2, 0.25) is 5.91 Å². The van der Waals surface area contributed by atoms with Gasteiger partial charge in [0.05, 0.1) is 17.0 Å². The molecule has 0 aliphatic carbocycles. The summed E-state index contributed by atoms with van der Waals surface area (Å²) in [4.78, 5) is 46.6. The van der Waals surface area contributed by atoms with Crippen LogP contribution in [0.1, 0.15) is 47.0 Å². The first-order valence-corrected chi connectivity index (χ1v) is 12.7. The fourth-order valence-electron chi connectivity index (χ4n) is 4.66. The average molecular weight is 486 g/mol. The number of fused-ring (bicyclic) bond motifs is 1. The van der Waals surface area contributed by atoms with Crippen LogP contribution in [0.4, 0.5) is 5.69 Å². The number of rotatable bonds is 7. The maximum atomic E-state index is 13.5. The highest BCUT2D eigenvalue weighted by Crippen LogP contribution is 2.29. The summed E-state index contributed by atoms with van der Waals surface area (Å²) >= 11 is 1.34. The number of benzene rings is 2. The third kappa shape index (κ3) is 4.39. The number of amides is 3. The zero-order chi connectivity index (χ0) is 24.5. The van der Waals surface area contributed by atoms with Gasteiger partial charge in [-0.2, -0.15) is 0 Å². The molecule has 2 aromatic carbocycles. The molecule has 7 heteroatoms. The number of aromatic amines is 1. The lowest BCUT2D eigenvalue weighted by Crippen LogP contribution is -2.46. The Balaban J connectivity index is 1.42. The first kappa shape index (κ1) is 23.1. The van der Waals surface area contributed by atoms with Gasteiger partial charge in [0.15, 0.2) is 0 Å². The molecule has 2 aromatic heterocycles. The molecule has 1 atom stereocenters. The summed E-state index contributed by atoms with van der Waals surface area (Å²) in [5.74, 6) is -0.502. The van der Waals surface area contributed by atoms with Crippen LogP contribution in [-0.4, -0.2) is 40.2 Å². The molecule has 35 heavy (non-hydrogen) atoms. The van der Waals surface area contributed by atoms with Crippen molar-refractivity contribution in [1.82, 2.24) is 9.88 Å². The predicted octanol–water partition coefficient (Wildman–Crippen LogP) is 5.37. The third-order valence-electron chi connectivity index (χ3n) is 6.61. The van der Waals surface area contributed by atoms with E-state index in [1.54, 1.807) is 11.0 Å². The van der Waals surface area contributed by atoms with Gasteiger partial charge >= 0.3 is 0 Å². The summed E-state index contributed by atoms with van der Waals surface area (Å²) < 4.78 is 0. The molecule has 0 spiro atoms. The molecule has 3 heterocycles. The van der Waals surface area contributed by atoms with Crippen molar-refractivity contribution in [2.24, 2.45) is 0 Å². The minimum absolute atomic E-state index is 0.0181. The topological polar surface area (TPSA) is 73.5 Å². The number of hydrogen-bond donors (Lipinski definition) is 1. The highest BCUT2D eigenvalue weighted by Gasteiger charge is 2.44. The zero-order valence-electron chi connectivity index (χ0n) is 19.7. The van der Waals surface area contributed by atoms with Gasteiger partial charge in [-0.25, -0.2) is 4.90 Å². The predicted molar refractivity (Wildman–Crippen MR) is 139 cm³/mol. The van der Waals surface area contributed by atoms with E-state index in [0.717, 1.165) is 22.0 Å². The monoisotopic (exact) mass is 485 g/mol. The van der Waals surface area contributed by atoms with Crippen LogP contribution < -0.4 is 4.90 Å². The molecular weight excluding hydrogens is 458 g/mol. The molecule has 4 aromatic rings. The second kappa shape index (κ2) is 9.50. The van der Waals surface area contributed by atoms with Crippen molar-refractivity contribution in [1.29, 1.82) is 0 Å². The standard InChI is InChI=1S/C28H27N3O3S/c1-18(2)19-9-11-21(12-10-19)31-26(32)16-24(27(31)33)30(28(34)25-8-5-15-35-25)14-13-20-17-29-23-7-4-3-6-22(20)23/h3-12,15,17-18,24,29H,13-14,16H2,1-2H3.